The van der Waals surface area contributed by atoms with E-state index in [0.717, 1.165) is 25.0 Å². The lowest BCUT2D eigenvalue weighted by Gasteiger charge is -2.01. The zero-order valence-corrected chi connectivity index (χ0v) is 8.70. The van der Waals surface area contributed by atoms with Gasteiger partial charge in [-0.3, -0.25) is 0 Å². The summed E-state index contributed by atoms with van der Waals surface area (Å²) in [7, 11) is 0. The Labute approximate surface area is 78.1 Å². The fourth-order valence-electron chi connectivity index (χ4n) is 0.888. The first-order valence-electron chi connectivity index (χ1n) is 4.38. The molecule has 0 fully saturated rings. The van der Waals surface area contributed by atoms with Crippen LogP contribution in [0.5, 0.6) is 0 Å². The van der Waals surface area contributed by atoms with Crippen LogP contribution in [0, 0.1) is 0 Å². The second-order valence-corrected chi connectivity index (χ2v) is 3.43. The molecule has 0 saturated heterocycles. The normalized spacial score (nSPS) is 10.4. The van der Waals surface area contributed by atoms with Crippen molar-refractivity contribution >= 4 is 15.9 Å². The lowest BCUT2D eigenvalue weighted by Crippen LogP contribution is -2.17. The van der Waals surface area contributed by atoms with Gasteiger partial charge in [0.2, 0.25) is 0 Å². The van der Waals surface area contributed by atoms with E-state index in [0.29, 0.717) is 0 Å². The summed E-state index contributed by atoms with van der Waals surface area (Å²) in [6, 6.07) is 0. The van der Waals surface area contributed by atoms with Crippen molar-refractivity contribution < 1.29 is 0 Å². The quantitative estimate of drug-likeness (QED) is 0.483. The molecule has 0 bridgehead atoms. The number of hydrogen-bond donors (Lipinski definition) is 2. The zero-order chi connectivity index (χ0) is 8.36. The lowest BCUT2D eigenvalue weighted by molar-refractivity contribution is 0.604. The van der Waals surface area contributed by atoms with E-state index in [-0.39, 0.29) is 0 Å². The molecule has 0 atom stereocenters. The first-order chi connectivity index (χ1) is 5.41. The highest BCUT2D eigenvalue weighted by atomic mass is 79.9. The maximum absolute atomic E-state index is 5.36. The van der Waals surface area contributed by atoms with Crippen LogP contribution in [0.25, 0.3) is 0 Å². The second-order valence-electron chi connectivity index (χ2n) is 2.64. The third-order valence-corrected chi connectivity index (χ3v) is 2.11. The molecular weight excluding hydrogens is 204 g/mol. The van der Waals surface area contributed by atoms with E-state index < -0.39 is 0 Å². The smallest absolute Gasteiger partial charge is 0.00433 e. The van der Waals surface area contributed by atoms with Gasteiger partial charge in [0.15, 0.2) is 0 Å². The third-order valence-electron chi connectivity index (χ3n) is 1.54. The summed E-state index contributed by atoms with van der Waals surface area (Å²) >= 11 is 3.39. The molecule has 2 nitrogen and oxygen atoms in total. The monoisotopic (exact) mass is 222 g/mol. The van der Waals surface area contributed by atoms with Gasteiger partial charge < -0.3 is 11.1 Å². The molecule has 0 unspecified atom stereocenters. The van der Waals surface area contributed by atoms with E-state index in [9.17, 15) is 0 Å². The van der Waals surface area contributed by atoms with Crippen molar-refractivity contribution in [3.63, 3.8) is 0 Å². The van der Waals surface area contributed by atoms with Crippen LogP contribution >= 0.6 is 15.9 Å². The number of halogens is 1. The van der Waals surface area contributed by atoms with Gasteiger partial charge in [0.25, 0.3) is 0 Å². The minimum atomic E-state index is 0.835. The van der Waals surface area contributed by atoms with Crippen molar-refractivity contribution in [2.75, 3.05) is 25.0 Å². The number of alkyl halides is 1. The number of unbranched alkanes of at least 4 members (excludes halogenated alkanes) is 2. The Morgan fingerprint density at radius 3 is 2.36 bits per heavy atom. The van der Waals surface area contributed by atoms with Gasteiger partial charge >= 0.3 is 0 Å². The van der Waals surface area contributed by atoms with Gasteiger partial charge in [0.05, 0.1) is 0 Å². The topological polar surface area (TPSA) is 38.0 Å². The van der Waals surface area contributed by atoms with Crippen LogP contribution in [0.2, 0.25) is 0 Å². The summed E-state index contributed by atoms with van der Waals surface area (Å²) < 4.78 is 0. The maximum atomic E-state index is 5.36. The average molecular weight is 223 g/mol. The number of hydrogen-bond acceptors (Lipinski definition) is 2. The Bertz CT molecular complexity index is 61.1. The highest BCUT2D eigenvalue weighted by Gasteiger charge is 1.87. The van der Waals surface area contributed by atoms with Crippen LogP contribution in [0.3, 0.4) is 0 Å². The van der Waals surface area contributed by atoms with Crippen LogP contribution in [-0.2, 0) is 0 Å². The standard InChI is InChI=1S/C8H19BrN2/c9-5-4-8-11-7-3-1-2-6-10/h11H,1-8,10H2. The van der Waals surface area contributed by atoms with Gasteiger partial charge in [-0.25, -0.2) is 0 Å². The number of nitrogens with two attached hydrogens (primary N) is 1. The van der Waals surface area contributed by atoms with Crippen LogP contribution < -0.4 is 11.1 Å². The molecule has 3 heteroatoms. The van der Waals surface area contributed by atoms with Gasteiger partial charge in [-0.15, -0.1) is 0 Å². The van der Waals surface area contributed by atoms with Crippen molar-refractivity contribution in [3.05, 3.63) is 0 Å². The Morgan fingerprint density at radius 1 is 1.00 bits per heavy atom. The van der Waals surface area contributed by atoms with Crippen LogP contribution in [-0.4, -0.2) is 25.0 Å². The fraction of sp³-hybridized carbons (Fsp3) is 1.00. The fourth-order valence-corrected chi connectivity index (χ4v) is 1.17. The van der Waals surface area contributed by atoms with Crippen LogP contribution in [0.4, 0.5) is 0 Å². The summed E-state index contributed by atoms with van der Waals surface area (Å²) in [5.74, 6) is 0. The minimum absolute atomic E-state index is 0.835. The molecule has 0 rings (SSSR count). The maximum Gasteiger partial charge on any atom is 0.00433 e. The van der Waals surface area contributed by atoms with E-state index in [2.05, 4.69) is 21.2 Å². The van der Waals surface area contributed by atoms with E-state index >= 15 is 0 Å². The number of rotatable bonds is 8. The van der Waals surface area contributed by atoms with Crippen LogP contribution in [0.15, 0.2) is 0 Å². The molecule has 0 saturated carbocycles. The van der Waals surface area contributed by atoms with E-state index in [1.165, 1.54) is 25.7 Å². The first kappa shape index (κ1) is 11.4. The Balaban J connectivity index is 2.69. The van der Waals surface area contributed by atoms with Crippen molar-refractivity contribution in [2.24, 2.45) is 5.73 Å². The van der Waals surface area contributed by atoms with Crippen molar-refractivity contribution in [3.8, 4) is 0 Å². The molecule has 11 heavy (non-hydrogen) atoms. The molecule has 0 amide bonds. The number of nitrogens with one attached hydrogen (secondary N) is 1. The molecule has 0 aliphatic carbocycles. The first-order valence-corrected chi connectivity index (χ1v) is 5.50. The van der Waals surface area contributed by atoms with Crippen molar-refractivity contribution in [1.82, 2.24) is 5.32 Å². The molecule has 0 aromatic rings. The SMILES string of the molecule is NCCCCCNCCCBr. The highest BCUT2D eigenvalue weighted by molar-refractivity contribution is 9.09. The summed E-state index contributed by atoms with van der Waals surface area (Å²) in [5, 5.41) is 4.47. The molecule has 0 aliphatic rings. The summed E-state index contributed by atoms with van der Waals surface area (Å²) in [6.45, 7) is 3.11. The molecule has 3 N–H and O–H groups in total. The van der Waals surface area contributed by atoms with E-state index in [1.54, 1.807) is 0 Å². The highest BCUT2D eigenvalue weighted by Crippen LogP contribution is 1.91. The predicted molar refractivity (Wildman–Crippen MR) is 54.2 cm³/mol. The largest absolute Gasteiger partial charge is 0.330 e. The minimum Gasteiger partial charge on any atom is -0.330 e. The van der Waals surface area contributed by atoms with Gasteiger partial charge in [0, 0.05) is 5.33 Å². The Hall–Kier alpha value is 0.400. The third kappa shape index (κ3) is 10.4. The average Bonchev–Trinajstić information content (AvgIpc) is 2.03. The van der Waals surface area contributed by atoms with Gasteiger partial charge in [-0.2, -0.15) is 0 Å². The predicted octanol–water partition coefficient (Wildman–Crippen LogP) is 1.49. The molecule has 0 aromatic carbocycles. The van der Waals surface area contributed by atoms with Gasteiger partial charge in [0.1, 0.15) is 0 Å². The summed E-state index contributed by atoms with van der Waals surface area (Å²) in [5.41, 5.74) is 5.36. The van der Waals surface area contributed by atoms with Gasteiger partial charge in [-0.1, -0.05) is 22.4 Å². The van der Waals surface area contributed by atoms with Crippen molar-refractivity contribution in [2.45, 2.75) is 25.7 Å². The van der Waals surface area contributed by atoms with Crippen LogP contribution in [0.1, 0.15) is 25.7 Å². The molecule has 0 spiro atoms. The van der Waals surface area contributed by atoms with E-state index in [4.69, 9.17) is 5.73 Å². The van der Waals surface area contributed by atoms with Crippen molar-refractivity contribution in [1.29, 1.82) is 0 Å². The molecule has 0 aromatic heterocycles. The summed E-state index contributed by atoms with van der Waals surface area (Å²) in [6.07, 6.45) is 4.91. The van der Waals surface area contributed by atoms with Gasteiger partial charge in [-0.05, 0) is 38.9 Å². The molecule has 0 radical (unpaired) electrons. The lowest BCUT2D eigenvalue weighted by atomic mass is 10.2. The molecular formula is C8H19BrN2. The molecule has 0 heterocycles. The Kier molecular flexibility index (Phi) is 10.8. The van der Waals surface area contributed by atoms with E-state index in [1.807, 2.05) is 0 Å². The second kappa shape index (κ2) is 10.4. The molecule has 0 aliphatic heterocycles. The molecule has 68 valence electrons. The zero-order valence-electron chi connectivity index (χ0n) is 7.11. The Morgan fingerprint density at radius 2 is 1.73 bits per heavy atom. The summed E-state index contributed by atoms with van der Waals surface area (Å²) in [4.78, 5) is 0.